The third kappa shape index (κ3) is 5.11. The van der Waals surface area contributed by atoms with Gasteiger partial charge in [0.05, 0.1) is 11.7 Å². The maximum atomic E-state index is 12.7. The Balaban J connectivity index is 1.50. The number of carbonyl (C=O) groups is 1. The fraction of sp³-hybridized carbons (Fsp3) is 0.393. The Bertz CT molecular complexity index is 1300. The van der Waals surface area contributed by atoms with Gasteiger partial charge in [-0.3, -0.25) is 9.88 Å². The monoisotopic (exact) mass is 549 g/mol. The van der Waals surface area contributed by atoms with Crippen molar-refractivity contribution in [3.8, 4) is 0 Å². The van der Waals surface area contributed by atoms with E-state index in [1.807, 2.05) is 51.2 Å². The van der Waals surface area contributed by atoms with E-state index in [9.17, 15) is 4.79 Å². The van der Waals surface area contributed by atoms with Gasteiger partial charge in [-0.15, -0.1) is 0 Å². The molecule has 3 heterocycles. The minimum absolute atomic E-state index is 0.0114. The number of piperazine rings is 1. The van der Waals surface area contributed by atoms with E-state index in [4.69, 9.17) is 9.72 Å². The zero-order chi connectivity index (χ0) is 25.4. The maximum Gasteiger partial charge on any atom is 0.410 e. The van der Waals surface area contributed by atoms with Crippen molar-refractivity contribution in [2.45, 2.75) is 45.9 Å². The van der Waals surface area contributed by atoms with Crippen molar-refractivity contribution >= 4 is 33.7 Å². The van der Waals surface area contributed by atoms with Crippen molar-refractivity contribution < 1.29 is 9.53 Å². The molecule has 8 heteroatoms. The first-order chi connectivity index (χ1) is 17.2. The van der Waals surface area contributed by atoms with E-state index in [-0.39, 0.29) is 12.1 Å². The van der Waals surface area contributed by atoms with Gasteiger partial charge >= 0.3 is 6.09 Å². The van der Waals surface area contributed by atoms with Gasteiger partial charge in [0.2, 0.25) is 0 Å². The summed E-state index contributed by atoms with van der Waals surface area (Å²) in [5.74, 6) is 0.986. The van der Waals surface area contributed by atoms with E-state index in [1.54, 1.807) is 0 Å². The highest BCUT2D eigenvalue weighted by molar-refractivity contribution is 9.10. The van der Waals surface area contributed by atoms with Crippen LogP contribution in [-0.2, 0) is 11.3 Å². The quantitative estimate of drug-likeness (QED) is 0.428. The van der Waals surface area contributed by atoms with Crippen LogP contribution in [0.5, 0.6) is 0 Å². The summed E-state index contributed by atoms with van der Waals surface area (Å²) in [5, 5.41) is 0. The molecule has 0 radical (unpaired) electrons. The number of fused-ring (bicyclic) bond motifs is 2. The number of hydrogen-bond donors (Lipinski definition) is 0. The number of imidazole rings is 1. The van der Waals surface area contributed by atoms with Gasteiger partial charge in [-0.25, -0.2) is 9.78 Å². The van der Waals surface area contributed by atoms with Crippen LogP contribution in [0, 0.1) is 6.92 Å². The normalized spacial score (nSPS) is 18.2. The van der Waals surface area contributed by atoms with Crippen LogP contribution in [0.1, 0.15) is 55.0 Å². The lowest BCUT2D eigenvalue weighted by atomic mass is 9.93. The molecule has 188 valence electrons. The second-order valence-corrected chi connectivity index (χ2v) is 11.3. The molecule has 0 spiro atoms. The molecule has 5 rings (SSSR count). The lowest BCUT2D eigenvalue weighted by Crippen LogP contribution is -2.51. The van der Waals surface area contributed by atoms with Crippen LogP contribution in [0.15, 0.2) is 53.4 Å². The zero-order valence-electron chi connectivity index (χ0n) is 21.2. The molecule has 3 aromatic rings. The number of hydrogen-bond acceptors (Lipinski definition) is 5. The number of aryl methyl sites for hydroxylation is 1. The number of halogens is 1. The first-order valence-electron chi connectivity index (χ1n) is 12.3. The zero-order valence-corrected chi connectivity index (χ0v) is 22.8. The van der Waals surface area contributed by atoms with E-state index < -0.39 is 5.60 Å². The lowest BCUT2D eigenvalue weighted by Gasteiger charge is -2.40. The number of rotatable bonds is 3. The Morgan fingerprint density at radius 1 is 1.14 bits per heavy atom. The van der Waals surface area contributed by atoms with E-state index >= 15 is 0 Å². The number of ether oxygens (including phenoxy) is 1. The van der Waals surface area contributed by atoms with Gasteiger partial charge < -0.3 is 14.2 Å². The van der Waals surface area contributed by atoms with Crippen molar-refractivity contribution in [1.29, 1.82) is 0 Å². The predicted octanol–water partition coefficient (Wildman–Crippen LogP) is 5.55. The van der Waals surface area contributed by atoms with Crippen LogP contribution in [0.25, 0.3) is 11.6 Å². The average molecular weight is 551 g/mol. The van der Waals surface area contributed by atoms with Gasteiger partial charge in [-0.05, 0) is 78.0 Å². The molecular weight excluding hydrogens is 518 g/mol. The number of pyridine rings is 1. The summed E-state index contributed by atoms with van der Waals surface area (Å²) in [7, 11) is 0. The smallest absolute Gasteiger partial charge is 0.410 e. The van der Waals surface area contributed by atoms with E-state index in [0.717, 1.165) is 41.2 Å². The summed E-state index contributed by atoms with van der Waals surface area (Å²) >= 11 is 3.63. The Labute approximate surface area is 220 Å². The first-order valence-corrected chi connectivity index (χ1v) is 13.1. The molecule has 1 atom stereocenters. The molecule has 1 saturated heterocycles. The molecule has 1 amide bonds. The van der Waals surface area contributed by atoms with Gasteiger partial charge in [0, 0.05) is 55.8 Å². The SMILES string of the molecule is Cc1nccn1CC1=Cc2cc(Br)cnc2[C@H](N2CCN(C(=O)OC(C)(C)C)CC2)c2ccccc21. The second-order valence-electron chi connectivity index (χ2n) is 10.4. The van der Waals surface area contributed by atoms with Crippen molar-refractivity contribution in [3.05, 3.63) is 81.6 Å². The minimum atomic E-state index is -0.500. The topological polar surface area (TPSA) is 63.5 Å². The fourth-order valence-corrected chi connectivity index (χ4v) is 5.34. The molecule has 36 heavy (non-hydrogen) atoms. The Morgan fingerprint density at radius 3 is 2.58 bits per heavy atom. The highest BCUT2D eigenvalue weighted by Crippen LogP contribution is 2.40. The van der Waals surface area contributed by atoms with Gasteiger partial charge in [0.15, 0.2) is 0 Å². The van der Waals surface area contributed by atoms with Crippen LogP contribution < -0.4 is 0 Å². The predicted molar refractivity (Wildman–Crippen MR) is 144 cm³/mol. The first kappa shape index (κ1) is 24.7. The van der Waals surface area contributed by atoms with E-state index in [1.165, 1.54) is 16.7 Å². The summed E-state index contributed by atoms with van der Waals surface area (Å²) in [6.45, 7) is 11.2. The third-order valence-corrected chi connectivity index (χ3v) is 7.14. The third-order valence-electron chi connectivity index (χ3n) is 6.70. The average Bonchev–Trinajstić information content (AvgIpc) is 3.18. The second kappa shape index (κ2) is 9.82. The highest BCUT2D eigenvalue weighted by Gasteiger charge is 2.34. The lowest BCUT2D eigenvalue weighted by molar-refractivity contribution is 0.0118. The Morgan fingerprint density at radius 2 is 1.89 bits per heavy atom. The van der Waals surface area contributed by atoms with Gasteiger partial charge in [0.1, 0.15) is 11.4 Å². The largest absolute Gasteiger partial charge is 0.444 e. The standard InChI is InChI=1S/C28H32BrN5O2/c1-19-30-9-10-34(19)18-21-15-20-16-22(29)17-31-25(20)26(24-8-6-5-7-23(21)24)32-11-13-33(14-12-32)27(35)36-28(2,3)4/h5-10,15-17,26H,11-14,18H2,1-4H3/t26-/m1/s1. The van der Waals surface area contributed by atoms with Gasteiger partial charge in [-0.2, -0.15) is 0 Å². The highest BCUT2D eigenvalue weighted by atomic mass is 79.9. The van der Waals surface area contributed by atoms with Gasteiger partial charge in [0.25, 0.3) is 0 Å². The number of carbonyl (C=O) groups excluding carboxylic acids is 1. The number of allylic oxidation sites excluding steroid dienone is 1. The molecule has 0 saturated carbocycles. The van der Waals surface area contributed by atoms with E-state index in [2.05, 4.69) is 66.8 Å². The maximum absolute atomic E-state index is 12.7. The summed E-state index contributed by atoms with van der Waals surface area (Å²) < 4.78 is 8.74. The molecule has 0 N–H and O–H groups in total. The number of amides is 1. The van der Waals surface area contributed by atoms with Crippen LogP contribution in [0.3, 0.4) is 0 Å². The molecule has 1 fully saturated rings. The van der Waals surface area contributed by atoms with Crippen LogP contribution in [0.4, 0.5) is 4.79 Å². The van der Waals surface area contributed by atoms with Crippen molar-refractivity contribution in [1.82, 2.24) is 24.3 Å². The fourth-order valence-electron chi connectivity index (χ4n) is 4.99. The number of aromatic nitrogens is 3. The van der Waals surface area contributed by atoms with Crippen LogP contribution >= 0.6 is 15.9 Å². The number of benzene rings is 1. The van der Waals surface area contributed by atoms with Crippen LogP contribution in [-0.4, -0.2) is 62.2 Å². The molecule has 7 nitrogen and oxygen atoms in total. The van der Waals surface area contributed by atoms with Crippen molar-refractivity contribution in [2.24, 2.45) is 0 Å². The summed E-state index contributed by atoms with van der Waals surface area (Å²) in [4.78, 5) is 26.3. The molecule has 1 aliphatic heterocycles. The summed E-state index contributed by atoms with van der Waals surface area (Å²) in [6, 6.07) is 10.8. The van der Waals surface area contributed by atoms with Crippen LogP contribution in [0.2, 0.25) is 0 Å². The van der Waals surface area contributed by atoms with Gasteiger partial charge in [-0.1, -0.05) is 24.3 Å². The molecular formula is C28H32BrN5O2. The Kier molecular flexibility index (Phi) is 6.74. The molecule has 0 unspecified atom stereocenters. The van der Waals surface area contributed by atoms with Crippen molar-refractivity contribution in [2.75, 3.05) is 26.2 Å². The molecule has 2 aliphatic rings. The minimum Gasteiger partial charge on any atom is -0.444 e. The molecule has 1 aliphatic carbocycles. The summed E-state index contributed by atoms with van der Waals surface area (Å²) in [6.07, 6.45) is 7.77. The molecule has 1 aromatic carbocycles. The van der Waals surface area contributed by atoms with E-state index in [0.29, 0.717) is 13.1 Å². The number of nitrogens with zero attached hydrogens (tertiary/aromatic N) is 5. The summed E-state index contributed by atoms with van der Waals surface area (Å²) in [5.41, 5.74) is 5.32. The van der Waals surface area contributed by atoms with Crippen molar-refractivity contribution in [3.63, 3.8) is 0 Å². The molecule has 0 bridgehead atoms. The molecule has 2 aromatic heterocycles. The Hall–Kier alpha value is -2.97.